The number of carbonyl (C=O) groups excluding carboxylic acids is 1. The molecule has 0 aliphatic rings. The van der Waals surface area contributed by atoms with Crippen molar-refractivity contribution in [3.05, 3.63) is 50.5 Å². The lowest BCUT2D eigenvalue weighted by atomic mass is 10.2. The molecule has 0 bridgehead atoms. The van der Waals surface area contributed by atoms with E-state index in [4.69, 9.17) is 17.0 Å². The molecule has 0 fully saturated rings. The van der Waals surface area contributed by atoms with E-state index in [-0.39, 0.29) is 22.2 Å². The number of aliphatic imine (C=N–C) groups is 1. The van der Waals surface area contributed by atoms with Crippen LogP contribution >= 0.6 is 12.2 Å². The van der Waals surface area contributed by atoms with Crippen molar-refractivity contribution in [3.8, 4) is 5.88 Å². The molecular formula is C20H27N4O4S+. The average molecular weight is 420 g/mol. The second-order valence-electron chi connectivity index (χ2n) is 6.59. The molecule has 0 aliphatic heterocycles. The fourth-order valence-electron chi connectivity index (χ4n) is 2.77. The molecule has 0 amide bonds. The minimum absolute atomic E-state index is 0.0333. The zero-order chi connectivity index (χ0) is 21.6. The smallest absolute Gasteiger partial charge is 0.338 e. The lowest BCUT2D eigenvalue weighted by molar-refractivity contribution is -0.896. The molecule has 8 nitrogen and oxygen atoms in total. The second kappa shape index (κ2) is 10.1. The number of ether oxygens (including phenoxy) is 1. The number of nitrogens with one attached hydrogen (secondary N) is 1. The first-order valence-electron chi connectivity index (χ1n) is 9.43. The molecular weight excluding hydrogens is 392 g/mol. The predicted octanol–water partition coefficient (Wildman–Crippen LogP) is 0.991. The summed E-state index contributed by atoms with van der Waals surface area (Å²) in [5.41, 5.74) is 0.552. The standard InChI is InChI=1S/C20H26N4O4S/c1-5-24(6-2)11-12-28-19(27)14-7-9-15(10-8-14)21-13-16-17(25)22(3)20(29)23(4)18(16)26/h7-10,13,25H,5-6,11-12H2,1-4H3/p+1. The number of quaternary nitrogens is 1. The molecule has 29 heavy (non-hydrogen) atoms. The van der Waals surface area contributed by atoms with Crippen LogP contribution in [0.15, 0.2) is 34.1 Å². The first kappa shape index (κ1) is 22.5. The SMILES string of the molecule is CC[NH+](CC)CCOC(=O)c1ccc(N=Cc2c(O)n(C)c(=S)n(C)c2=O)cc1. The Balaban J connectivity index is 2.09. The molecule has 0 atom stereocenters. The molecule has 0 unspecified atom stereocenters. The highest BCUT2D eigenvalue weighted by Crippen LogP contribution is 2.16. The Labute approximate surface area is 174 Å². The quantitative estimate of drug-likeness (QED) is 0.378. The van der Waals surface area contributed by atoms with E-state index in [1.165, 1.54) is 27.3 Å². The van der Waals surface area contributed by atoms with Crippen LogP contribution in [0, 0.1) is 4.77 Å². The largest absolute Gasteiger partial charge is 0.494 e. The number of rotatable bonds is 8. The highest BCUT2D eigenvalue weighted by molar-refractivity contribution is 7.71. The maximum absolute atomic E-state index is 12.3. The van der Waals surface area contributed by atoms with Gasteiger partial charge < -0.3 is 14.7 Å². The Kier molecular flexibility index (Phi) is 7.86. The number of likely N-dealkylation sites (N-methyl/N-ethyl adjacent to an activating group) is 1. The molecule has 2 aromatic rings. The molecule has 1 aromatic carbocycles. The summed E-state index contributed by atoms with van der Waals surface area (Å²) in [6.07, 6.45) is 1.28. The molecule has 0 saturated heterocycles. The van der Waals surface area contributed by atoms with Crippen LogP contribution in [0.2, 0.25) is 0 Å². The Morgan fingerprint density at radius 2 is 1.83 bits per heavy atom. The van der Waals surface area contributed by atoms with Crippen LogP contribution in [0.3, 0.4) is 0 Å². The number of hydrogen-bond donors (Lipinski definition) is 2. The van der Waals surface area contributed by atoms with E-state index in [9.17, 15) is 14.7 Å². The van der Waals surface area contributed by atoms with Crippen molar-refractivity contribution < 1.29 is 19.5 Å². The first-order valence-corrected chi connectivity index (χ1v) is 9.84. The monoisotopic (exact) mass is 419 g/mol. The van der Waals surface area contributed by atoms with E-state index in [1.807, 2.05) is 0 Å². The van der Waals surface area contributed by atoms with Gasteiger partial charge in [0.1, 0.15) is 18.7 Å². The summed E-state index contributed by atoms with van der Waals surface area (Å²) in [4.78, 5) is 30.0. The van der Waals surface area contributed by atoms with E-state index >= 15 is 0 Å². The third kappa shape index (κ3) is 5.39. The summed E-state index contributed by atoms with van der Waals surface area (Å²) >= 11 is 5.08. The summed E-state index contributed by atoms with van der Waals surface area (Å²) < 4.78 is 8.11. The summed E-state index contributed by atoms with van der Waals surface area (Å²) in [6.45, 7) is 7.33. The van der Waals surface area contributed by atoms with E-state index in [0.29, 0.717) is 17.9 Å². The lowest BCUT2D eigenvalue weighted by Crippen LogP contribution is -3.11. The Morgan fingerprint density at radius 3 is 2.41 bits per heavy atom. The van der Waals surface area contributed by atoms with Gasteiger partial charge in [-0.1, -0.05) is 0 Å². The number of benzene rings is 1. The number of carbonyl (C=O) groups is 1. The third-order valence-corrected chi connectivity index (χ3v) is 5.35. The number of nitrogens with zero attached hydrogens (tertiary/aromatic N) is 3. The summed E-state index contributed by atoms with van der Waals surface area (Å²) in [5, 5.41) is 10.2. The topological polar surface area (TPSA) is 90.3 Å². The van der Waals surface area contributed by atoms with Crippen molar-refractivity contribution in [2.75, 3.05) is 26.2 Å². The molecule has 9 heteroatoms. The Hall–Kier alpha value is -2.78. The Morgan fingerprint density at radius 1 is 1.21 bits per heavy atom. The van der Waals surface area contributed by atoms with Gasteiger partial charge in [0, 0.05) is 20.3 Å². The number of esters is 1. The van der Waals surface area contributed by atoms with Crippen LogP contribution in [0.4, 0.5) is 5.69 Å². The predicted molar refractivity (Wildman–Crippen MR) is 114 cm³/mol. The minimum atomic E-state index is -0.440. The average Bonchev–Trinajstić information content (AvgIpc) is 2.74. The number of aromatic hydroxyl groups is 1. The molecule has 1 heterocycles. The van der Waals surface area contributed by atoms with Crippen LogP contribution in [0.5, 0.6) is 5.88 Å². The fraction of sp³-hybridized carbons (Fsp3) is 0.400. The van der Waals surface area contributed by atoms with Crippen LogP contribution in [0.1, 0.15) is 29.8 Å². The number of aromatic nitrogens is 2. The van der Waals surface area contributed by atoms with E-state index in [2.05, 4.69) is 18.8 Å². The maximum Gasteiger partial charge on any atom is 0.338 e. The van der Waals surface area contributed by atoms with Crippen molar-refractivity contribution in [2.45, 2.75) is 13.8 Å². The van der Waals surface area contributed by atoms with Gasteiger partial charge in [-0.3, -0.25) is 18.9 Å². The molecule has 156 valence electrons. The Bertz CT molecular complexity index is 1000. The molecule has 2 rings (SSSR count). The van der Waals surface area contributed by atoms with Crippen molar-refractivity contribution >= 4 is 30.1 Å². The maximum atomic E-state index is 12.3. The van der Waals surface area contributed by atoms with Gasteiger partial charge >= 0.3 is 5.97 Å². The summed E-state index contributed by atoms with van der Waals surface area (Å²) in [7, 11) is 3.10. The molecule has 2 N–H and O–H groups in total. The van der Waals surface area contributed by atoms with Gasteiger partial charge in [-0.2, -0.15) is 0 Å². The van der Waals surface area contributed by atoms with Gasteiger partial charge in [0.25, 0.3) is 5.56 Å². The number of hydrogen-bond acceptors (Lipinski definition) is 6. The zero-order valence-corrected chi connectivity index (χ0v) is 18.0. The lowest BCUT2D eigenvalue weighted by Gasteiger charge is -2.15. The van der Waals surface area contributed by atoms with Gasteiger partial charge in [-0.15, -0.1) is 0 Å². The van der Waals surface area contributed by atoms with Gasteiger partial charge in [0.05, 0.1) is 24.3 Å². The van der Waals surface area contributed by atoms with Gasteiger partial charge in [0.15, 0.2) is 4.77 Å². The van der Waals surface area contributed by atoms with Gasteiger partial charge in [-0.05, 0) is 50.3 Å². The summed E-state index contributed by atoms with van der Waals surface area (Å²) in [5.74, 6) is -0.635. The van der Waals surface area contributed by atoms with E-state index in [0.717, 1.165) is 19.6 Å². The highest BCUT2D eigenvalue weighted by Gasteiger charge is 2.12. The van der Waals surface area contributed by atoms with Gasteiger partial charge in [0.2, 0.25) is 5.88 Å². The van der Waals surface area contributed by atoms with Crippen molar-refractivity contribution in [3.63, 3.8) is 0 Å². The molecule has 0 saturated carbocycles. The second-order valence-corrected chi connectivity index (χ2v) is 6.96. The van der Waals surface area contributed by atoms with Crippen LogP contribution in [-0.4, -0.2) is 52.7 Å². The third-order valence-electron chi connectivity index (χ3n) is 4.80. The van der Waals surface area contributed by atoms with Crippen LogP contribution in [-0.2, 0) is 18.8 Å². The van der Waals surface area contributed by atoms with Crippen LogP contribution < -0.4 is 10.5 Å². The molecule has 0 aliphatic carbocycles. The zero-order valence-electron chi connectivity index (χ0n) is 17.1. The summed E-state index contributed by atoms with van der Waals surface area (Å²) in [6, 6.07) is 6.52. The first-order chi connectivity index (χ1) is 13.8. The fourth-order valence-corrected chi connectivity index (χ4v) is 2.94. The van der Waals surface area contributed by atoms with Crippen LogP contribution in [0.25, 0.3) is 0 Å². The molecule has 0 radical (unpaired) electrons. The molecule has 1 aromatic heterocycles. The van der Waals surface area contributed by atoms with Crippen molar-refractivity contribution in [1.82, 2.24) is 9.13 Å². The normalized spacial score (nSPS) is 11.3. The van der Waals surface area contributed by atoms with Crippen molar-refractivity contribution in [1.29, 1.82) is 0 Å². The van der Waals surface area contributed by atoms with Gasteiger partial charge in [-0.25, -0.2) is 4.79 Å². The minimum Gasteiger partial charge on any atom is -0.494 e. The van der Waals surface area contributed by atoms with E-state index in [1.54, 1.807) is 31.3 Å². The van der Waals surface area contributed by atoms with E-state index < -0.39 is 5.56 Å². The molecule has 0 spiro atoms. The highest BCUT2D eigenvalue weighted by atomic mass is 32.1. The van der Waals surface area contributed by atoms with Crippen molar-refractivity contribution in [2.24, 2.45) is 19.1 Å².